The Morgan fingerprint density at radius 3 is 2.69 bits per heavy atom. The van der Waals surface area contributed by atoms with Crippen molar-refractivity contribution in [2.75, 3.05) is 17.2 Å². The van der Waals surface area contributed by atoms with Crippen molar-refractivity contribution in [2.24, 2.45) is 5.92 Å². The molecule has 2 rings (SSSR count). The Morgan fingerprint density at radius 1 is 1.38 bits per heavy atom. The molecule has 8 heteroatoms. The van der Waals surface area contributed by atoms with Gasteiger partial charge in [-0.05, 0) is 24.8 Å². The second-order valence-electron chi connectivity index (χ2n) is 6.65. The molecule has 8 nitrogen and oxygen atoms in total. The summed E-state index contributed by atoms with van der Waals surface area (Å²) in [5.74, 6) is -0.0638. The molecular weight excluding hydrogens is 336 g/mol. The van der Waals surface area contributed by atoms with Crippen LogP contribution < -0.4 is 21.9 Å². The number of hydrogen-bond donors (Lipinski definition) is 2. The minimum atomic E-state index is -0.666. The van der Waals surface area contributed by atoms with E-state index in [0.717, 1.165) is 12.8 Å². The lowest BCUT2D eigenvalue weighted by molar-refractivity contribution is 0.0985. The lowest BCUT2D eigenvalue weighted by Crippen LogP contribution is -2.41. The fraction of sp³-hybridized carbons (Fsp3) is 0.500. The summed E-state index contributed by atoms with van der Waals surface area (Å²) in [7, 11) is 0. The van der Waals surface area contributed by atoms with Crippen molar-refractivity contribution in [1.82, 2.24) is 9.55 Å². The minimum absolute atomic E-state index is 0.00699. The number of nitrogens with one attached hydrogen (secondary N) is 1. The molecule has 0 fully saturated rings. The molecule has 2 heterocycles. The lowest BCUT2D eigenvalue weighted by atomic mass is 10.1. The molecule has 0 aromatic carbocycles. The Kier molecular flexibility index (Phi) is 6.43. The van der Waals surface area contributed by atoms with Crippen LogP contribution in [0.1, 0.15) is 50.4 Å². The van der Waals surface area contributed by atoms with E-state index in [4.69, 9.17) is 10.2 Å². The van der Waals surface area contributed by atoms with Gasteiger partial charge in [0.05, 0.1) is 11.8 Å². The number of rotatable bonds is 8. The fourth-order valence-corrected chi connectivity index (χ4v) is 2.62. The number of furan rings is 1. The molecule has 0 aliphatic heterocycles. The number of anilines is 2. The molecule has 2 aromatic heterocycles. The Balaban J connectivity index is 2.54. The highest BCUT2D eigenvalue weighted by Crippen LogP contribution is 2.21. The number of aromatic amines is 1. The van der Waals surface area contributed by atoms with Crippen LogP contribution in [0.5, 0.6) is 0 Å². The van der Waals surface area contributed by atoms with Gasteiger partial charge in [0.25, 0.3) is 11.5 Å². The van der Waals surface area contributed by atoms with Gasteiger partial charge in [-0.15, -0.1) is 0 Å². The number of amides is 1. The van der Waals surface area contributed by atoms with Crippen molar-refractivity contribution >= 4 is 17.4 Å². The van der Waals surface area contributed by atoms with Crippen LogP contribution >= 0.6 is 0 Å². The van der Waals surface area contributed by atoms with Gasteiger partial charge in [-0.3, -0.25) is 19.1 Å². The summed E-state index contributed by atoms with van der Waals surface area (Å²) < 4.78 is 6.29. The second-order valence-corrected chi connectivity index (χ2v) is 6.65. The number of unbranched alkanes of at least 4 members (excludes halogenated alkanes) is 1. The Hall–Kier alpha value is -2.77. The third-order valence-electron chi connectivity index (χ3n) is 4.16. The van der Waals surface area contributed by atoms with Crippen LogP contribution in [0.3, 0.4) is 0 Å². The maximum absolute atomic E-state index is 12.9. The third-order valence-corrected chi connectivity index (χ3v) is 4.16. The zero-order chi connectivity index (χ0) is 19.3. The van der Waals surface area contributed by atoms with Crippen molar-refractivity contribution in [2.45, 2.75) is 46.6 Å². The molecule has 0 saturated heterocycles. The highest BCUT2D eigenvalue weighted by Gasteiger charge is 2.25. The number of carbonyl (C=O) groups is 1. The first kappa shape index (κ1) is 19.6. The van der Waals surface area contributed by atoms with Crippen molar-refractivity contribution in [1.29, 1.82) is 0 Å². The standard InChI is InChI=1S/C18H26N4O4/c1-4-5-8-22-15(19)14(16(23)20-18(22)25)21(9-6-12(2)3)17(24)13-7-10-26-11-13/h7,10-12H,4-6,8-9,19H2,1-3H3,(H,20,23,25). The van der Waals surface area contributed by atoms with Crippen LogP contribution in [-0.2, 0) is 6.54 Å². The fourth-order valence-electron chi connectivity index (χ4n) is 2.62. The van der Waals surface area contributed by atoms with Crippen LogP contribution in [0.25, 0.3) is 0 Å². The SMILES string of the molecule is CCCCn1c(N)c(N(CCC(C)C)C(=O)c2ccoc2)c(=O)[nH]c1=O. The molecule has 0 spiro atoms. The number of nitrogens with two attached hydrogens (primary N) is 1. The maximum Gasteiger partial charge on any atom is 0.330 e. The van der Waals surface area contributed by atoms with Crippen molar-refractivity contribution in [3.05, 3.63) is 45.0 Å². The predicted octanol–water partition coefficient (Wildman–Crippen LogP) is 2.20. The third kappa shape index (κ3) is 4.25. The van der Waals surface area contributed by atoms with E-state index < -0.39 is 17.2 Å². The van der Waals surface area contributed by atoms with E-state index in [2.05, 4.69) is 4.98 Å². The molecule has 0 aliphatic rings. The first-order valence-corrected chi connectivity index (χ1v) is 8.83. The molecule has 3 N–H and O–H groups in total. The molecular formula is C18H26N4O4. The van der Waals surface area contributed by atoms with Crippen molar-refractivity contribution < 1.29 is 9.21 Å². The summed E-state index contributed by atoms with van der Waals surface area (Å²) in [4.78, 5) is 41.1. The first-order chi connectivity index (χ1) is 12.4. The average molecular weight is 362 g/mol. The minimum Gasteiger partial charge on any atom is -0.472 e. The number of hydrogen-bond acceptors (Lipinski definition) is 5. The Labute approximate surface area is 151 Å². The van der Waals surface area contributed by atoms with Gasteiger partial charge in [0, 0.05) is 13.1 Å². The summed E-state index contributed by atoms with van der Waals surface area (Å²) >= 11 is 0. The van der Waals surface area contributed by atoms with Gasteiger partial charge < -0.3 is 15.1 Å². The number of nitrogens with zero attached hydrogens (tertiary/aromatic N) is 2. The maximum atomic E-state index is 12.9. The molecule has 0 atom stereocenters. The summed E-state index contributed by atoms with van der Waals surface area (Å²) in [6.07, 6.45) is 4.99. The molecule has 26 heavy (non-hydrogen) atoms. The first-order valence-electron chi connectivity index (χ1n) is 8.83. The molecule has 142 valence electrons. The number of aromatic nitrogens is 2. The largest absolute Gasteiger partial charge is 0.472 e. The Bertz CT molecular complexity index is 849. The van der Waals surface area contributed by atoms with E-state index in [1.165, 1.54) is 28.1 Å². The molecule has 1 amide bonds. The van der Waals surface area contributed by atoms with Crippen LogP contribution in [0, 0.1) is 5.92 Å². The number of nitrogen functional groups attached to an aromatic ring is 1. The van der Waals surface area contributed by atoms with E-state index in [1.54, 1.807) is 0 Å². The highest BCUT2D eigenvalue weighted by atomic mass is 16.3. The van der Waals surface area contributed by atoms with Crippen molar-refractivity contribution in [3.8, 4) is 0 Å². The molecule has 0 radical (unpaired) electrons. The molecule has 0 saturated carbocycles. The van der Waals surface area contributed by atoms with Gasteiger partial charge in [-0.25, -0.2) is 4.79 Å². The van der Waals surface area contributed by atoms with Gasteiger partial charge in [0.15, 0.2) is 5.69 Å². The van der Waals surface area contributed by atoms with E-state index in [-0.39, 0.29) is 11.5 Å². The summed E-state index contributed by atoms with van der Waals surface area (Å²) in [6, 6.07) is 1.53. The average Bonchev–Trinajstić information content (AvgIpc) is 3.11. The van der Waals surface area contributed by atoms with Crippen LogP contribution in [0.2, 0.25) is 0 Å². The molecule has 0 bridgehead atoms. The van der Waals surface area contributed by atoms with Gasteiger partial charge in [0.1, 0.15) is 12.1 Å². The van der Waals surface area contributed by atoms with Gasteiger partial charge in [0.2, 0.25) is 0 Å². The monoisotopic (exact) mass is 362 g/mol. The van der Waals surface area contributed by atoms with E-state index >= 15 is 0 Å². The zero-order valence-corrected chi connectivity index (χ0v) is 15.4. The van der Waals surface area contributed by atoms with Gasteiger partial charge in [-0.2, -0.15) is 0 Å². The quantitative estimate of drug-likeness (QED) is 0.747. The number of carbonyl (C=O) groups excluding carboxylic acids is 1. The van der Waals surface area contributed by atoms with Gasteiger partial charge in [-0.1, -0.05) is 27.2 Å². The summed E-state index contributed by atoms with van der Waals surface area (Å²) in [6.45, 7) is 6.72. The smallest absolute Gasteiger partial charge is 0.330 e. The van der Waals surface area contributed by atoms with Gasteiger partial charge >= 0.3 is 5.69 Å². The molecule has 0 aliphatic carbocycles. The molecule has 0 unspecified atom stereocenters. The van der Waals surface area contributed by atoms with E-state index in [0.29, 0.717) is 31.0 Å². The van der Waals surface area contributed by atoms with Crippen LogP contribution in [0.4, 0.5) is 11.5 Å². The zero-order valence-electron chi connectivity index (χ0n) is 15.4. The van der Waals surface area contributed by atoms with E-state index in [9.17, 15) is 14.4 Å². The summed E-state index contributed by atoms with van der Waals surface area (Å²) in [5, 5.41) is 0. The highest BCUT2D eigenvalue weighted by molar-refractivity contribution is 6.07. The molecule has 2 aromatic rings. The van der Waals surface area contributed by atoms with Crippen molar-refractivity contribution in [3.63, 3.8) is 0 Å². The van der Waals surface area contributed by atoms with E-state index in [1.807, 2.05) is 20.8 Å². The topological polar surface area (TPSA) is 114 Å². The lowest BCUT2D eigenvalue weighted by Gasteiger charge is -2.24. The van der Waals surface area contributed by atoms with Crippen LogP contribution in [0.15, 0.2) is 32.6 Å². The Morgan fingerprint density at radius 2 is 2.12 bits per heavy atom. The summed E-state index contributed by atoms with van der Waals surface area (Å²) in [5.41, 5.74) is 5.24. The van der Waals surface area contributed by atoms with Crippen LogP contribution in [-0.4, -0.2) is 22.0 Å². The predicted molar refractivity (Wildman–Crippen MR) is 100 cm³/mol. The second kappa shape index (κ2) is 8.55. The normalized spacial score (nSPS) is 11.1. The number of H-pyrrole nitrogens is 1.